The number of aliphatic hydroxyl groups is 1. The molecule has 1 aromatic carbocycles. The molecule has 2 heterocycles. The van der Waals surface area contributed by atoms with Gasteiger partial charge in [0.25, 0.3) is 0 Å². The highest BCUT2D eigenvalue weighted by atomic mass is 16.3. The molecular formula is C16H17N5O3. The van der Waals surface area contributed by atoms with Gasteiger partial charge in [-0.05, 0) is 29.8 Å². The predicted octanol–water partition coefficient (Wildman–Crippen LogP) is 0.957. The molecule has 1 atom stereocenters. The highest BCUT2D eigenvalue weighted by Gasteiger charge is 2.23. The maximum atomic E-state index is 12.0. The van der Waals surface area contributed by atoms with Crippen molar-refractivity contribution in [3.05, 3.63) is 54.3 Å². The zero-order valence-corrected chi connectivity index (χ0v) is 13.1. The van der Waals surface area contributed by atoms with E-state index in [2.05, 4.69) is 20.7 Å². The van der Waals surface area contributed by atoms with Crippen molar-refractivity contribution in [3.63, 3.8) is 0 Å². The maximum absolute atomic E-state index is 12.0. The molecule has 24 heavy (non-hydrogen) atoms. The Morgan fingerprint density at radius 1 is 1.29 bits per heavy atom. The largest absolute Gasteiger partial charge is 0.461 e. The van der Waals surface area contributed by atoms with Crippen LogP contribution in [0.15, 0.2) is 53.1 Å². The first-order valence-electron chi connectivity index (χ1n) is 7.41. The zero-order valence-electron chi connectivity index (χ0n) is 13.1. The van der Waals surface area contributed by atoms with Crippen molar-refractivity contribution in [3.8, 4) is 11.6 Å². The molecule has 1 unspecified atom stereocenters. The second-order valence-corrected chi connectivity index (χ2v) is 5.54. The third kappa shape index (κ3) is 3.66. The predicted molar refractivity (Wildman–Crippen MR) is 84.5 cm³/mol. The van der Waals surface area contributed by atoms with Crippen LogP contribution in [0.25, 0.3) is 11.6 Å². The average molecular weight is 327 g/mol. The van der Waals surface area contributed by atoms with Crippen molar-refractivity contribution in [2.45, 2.75) is 19.1 Å². The van der Waals surface area contributed by atoms with Crippen LogP contribution in [0.1, 0.15) is 12.5 Å². The fraction of sp³-hybridized carbons (Fsp3) is 0.250. The van der Waals surface area contributed by atoms with Crippen LogP contribution < -0.4 is 5.32 Å². The molecule has 0 saturated heterocycles. The third-order valence-electron chi connectivity index (χ3n) is 3.50. The van der Waals surface area contributed by atoms with Gasteiger partial charge in [0.2, 0.25) is 11.7 Å². The Morgan fingerprint density at radius 3 is 2.79 bits per heavy atom. The lowest BCUT2D eigenvalue weighted by Gasteiger charge is -2.24. The van der Waals surface area contributed by atoms with Gasteiger partial charge in [-0.25, -0.2) is 0 Å². The normalized spacial score (nSPS) is 13.4. The maximum Gasteiger partial charge on any atom is 0.243 e. The Morgan fingerprint density at radius 2 is 2.08 bits per heavy atom. The summed E-state index contributed by atoms with van der Waals surface area (Å²) in [5.41, 5.74) is -0.434. The molecule has 2 aromatic heterocycles. The number of hydrogen-bond donors (Lipinski definition) is 2. The monoisotopic (exact) mass is 327 g/mol. The van der Waals surface area contributed by atoms with Gasteiger partial charge in [-0.15, -0.1) is 10.2 Å². The smallest absolute Gasteiger partial charge is 0.243 e. The fourth-order valence-corrected chi connectivity index (χ4v) is 2.17. The summed E-state index contributed by atoms with van der Waals surface area (Å²) in [6.45, 7) is 1.62. The van der Waals surface area contributed by atoms with Crippen LogP contribution in [0.5, 0.6) is 0 Å². The number of aromatic nitrogens is 4. The summed E-state index contributed by atoms with van der Waals surface area (Å²) in [7, 11) is 0. The first-order chi connectivity index (χ1) is 11.5. The number of carbonyl (C=O) groups is 1. The Bertz CT molecular complexity index is 796. The topological polar surface area (TPSA) is 106 Å². The number of nitrogens with zero attached hydrogens (tertiary/aromatic N) is 4. The third-order valence-corrected chi connectivity index (χ3v) is 3.50. The number of benzene rings is 1. The molecule has 0 aliphatic heterocycles. The SMILES string of the molecule is CC(O)(CNC(=O)Cn1nnc(-c2ccco2)n1)c1ccccc1. The Hall–Kier alpha value is -3.00. The van der Waals surface area contributed by atoms with Crippen LogP contribution in [0.2, 0.25) is 0 Å². The van der Waals surface area contributed by atoms with Gasteiger partial charge in [-0.1, -0.05) is 30.3 Å². The molecule has 2 N–H and O–H groups in total. The zero-order chi connectivity index (χ0) is 17.0. The first kappa shape index (κ1) is 15.9. The molecule has 0 saturated carbocycles. The second-order valence-electron chi connectivity index (χ2n) is 5.54. The second kappa shape index (κ2) is 6.63. The summed E-state index contributed by atoms with van der Waals surface area (Å²) < 4.78 is 5.17. The van der Waals surface area contributed by atoms with E-state index >= 15 is 0 Å². The van der Waals surface area contributed by atoms with Crippen LogP contribution >= 0.6 is 0 Å². The van der Waals surface area contributed by atoms with E-state index in [9.17, 15) is 9.90 Å². The molecule has 0 fully saturated rings. The van der Waals surface area contributed by atoms with E-state index in [0.29, 0.717) is 11.6 Å². The summed E-state index contributed by atoms with van der Waals surface area (Å²) in [5, 5.41) is 24.8. The minimum Gasteiger partial charge on any atom is -0.461 e. The van der Waals surface area contributed by atoms with Crippen LogP contribution in [0.4, 0.5) is 0 Å². The van der Waals surface area contributed by atoms with Gasteiger partial charge in [-0.3, -0.25) is 4.79 Å². The van der Waals surface area contributed by atoms with E-state index in [1.54, 1.807) is 31.2 Å². The highest BCUT2D eigenvalue weighted by Crippen LogP contribution is 2.18. The van der Waals surface area contributed by atoms with E-state index in [1.807, 2.05) is 18.2 Å². The van der Waals surface area contributed by atoms with Crippen molar-refractivity contribution >= 4 is 5.91 Å². The molecule has 0 aliphatic rings. The summed E-state index contributed by atoms with van der Waals surface area (Å²) >= 11 is 0. The lowest BCUT2D eigenvalue weighted by molar-refractivity contribution is -0.123. The minimum absolute atomic E-state index is 0.0790. The molecular weight excluding hydrogens is 310 g/mol. The van der Waals surface area contributed by atoms with E-state index in [1.165, 1.54) is 11.1 Å². The van der Waals surface area contributed by atoms with Gasteiger partial charge in [0.05, 0.1) is 12.8 Å². The molecule has 3 rings (SSSR count). The molecule has 1 amide bonds. The van der Waals surface area contributed by atoms with Gasteiger partial charge >= 0.3 is 0 Å². The summed E-state index contributed by atoms with van der Waals surface area (Å²) in [4.78, 5) is 13.2. The lowest BCUT2D eigenvalue weighted by atomic mass is 9.96. The standard InChI is InChI=1S/C16H17N5O3/c1-16(23,12-6-3-2-4-7-12)11-17-14(22)10-21-19-15(18-20-21)13-8-5-9-24-13/h2-9,23H,10-11H2,1H3,(H,17,22). The summed E-state index contributed by atoms with van der Waals surface area (Å²) in [6.07, 6.45) is 1.51. The van der Waals surface area contributed by atoms with Crippen LogP contribution in [0, 0.1) is 0 Å². The number of rotatable bonds is 6. The number of nitrogens with one attached hydrogen (secondary N) is 1. The van der Waals surface area contributed by atoms with Gasteiger partial charge < -0.3 is 14.8 Å². The van der Waals surface area contributed by atoms with E-state index in [0.717, 1.165) is 5.56 Å². The van der Waals surface area contributed by atoms with Crippen molar-refractivity contribution < 1.29 is 14.3 Å². The van der Waals surface area contributed by atoms with Crippen LogP contribution in [-0.2, 0) is 16.9 Å². The van der Waals surface area contributed by atoms with Crippen molar-refractivity contribution in [2.24, 2.45) is 0 Å². The number of tetrazole rings is 1. The highest BCUT2D eigenvalue weighted by molar-refractivity contribution is 5.75. The number of carbonyl (C=O) groups excluding carboxylic acids is 1. The van der Waals surface area contributed by atoms with E-state index < -0.39 is 5.60 Å². The summed E-state index contributed by atoms with van der Waals surface area (Å²) in [6, 6.07) is 12.6. The molecule has 0 bridgehead atoms. The van der Waals surface area contributed by atoms with Crippen molar-refractivity contribution in [1.82, 2.24) is 25.5 Å². The Kier molecular flexibility index (Phi) is 4.39. The van der Waals surface area contributed by atoms with Gasteiger partial charge in [0, 0.05) is 0 Å². The molecule has 8 nitrogen and oxygen atoms in total. The lowest BCUT2D eigenvalue weighted by Crippen LogP contribution is -2.40. The quantitative estimate of drug-likeness (QED) is 0.698. The van der Waals surface area contributed by atoms with Gasteiger partial charge in [0.1, 0.15) is 12.1 Å². The van der Waals surface area contributed by atoms with Crippen LogP contribution in [-0.4, -0.2) is 37.8 Å². The van der Waals surface area contributed by atoms with Gasteiger partial charge in [-0.2, -0.15) is 4.80 Å². The van der Waals surface area contributed by atoms with E-state index in [-0.39, 0.29) is 19.0 Å². The van der Waals surface area contributed by atoms with Gasteiger partial charge in [0.15, 0.2) is 5.76 Å². The molecule has 8 heteroatoms. The molecule has 0 radical (unpaired) electrons. The Balaban J connectivity index is 1.56. The first-order valence-corrected chi connectivity index (χ1v) is 7.41. The fourth-order valence-electron chi connectivity index (χ4n) is 2.17. The minimum atomic E-state index is -1.16. The molecule has 124 valence electrons. The number of amides is 1. The summed E-state index contributed by atoms with van der Waals surface area (Å²) in [5.74, 6) is 0.465. The Labute approximate surface area is 138 Å². The molecule has 0 spiro atoms. The van der Waals surface area contributed by atoms with Crippen molar-refractivity contribution in [2.75, 3.05) is 6.54 Å². The van der Waals surface area contributed by atoms with Crippen LogP contribution in [0.3, 0.4) is 0 Å². The molecule has 3 aromatic rings. The number of hydrogen-bond acceptors (Lipinski definition) is 6. The van der Waals surface area contributed by atoms with E-state index in [4.69, 9.17) is 4.42 Å². The average Bonchev–Trinajstić information content (AvgIpc) is 3.25. The van der Waals surface area contributed by atoms with Crippen molar-refractivity contribution in [1.29, 1.82) is 0 Å². The number of furan rings is 1. The molecule has 0 aliphatic carbocycles.